The van der Waals surface area contributed by atoms with Gasteiger partial charge in [-0.1, -0.05) is 0 Å². The number of H-pyrrole nitrogens is 1. The lowest BCUT2D eigenvalue weighted by atomic mass is 10.1. The zero-order valence-corrected chi connectivity index (χ0v) is 9.56. The fraction of sp³-hybridized carbons (Fsp3) is 0.417. The summed E-state index contributed by atoms with van der Waals surface area (Å²) < 4.78 is 0. The fourth-order valence-electron chi connectivity index (χ4n) is 2.17. The van der Waals surface area contributed by atoms with Gasteiger partial charge in [-0.05, 0) is 37.6 Å². The summed E-state index contributed by atoms with van der Waals surface area (Å²) in [6, 6.07) is 3.86. The van der Waals surface area contributed by atoms with E-state index in [9.17, 15) is 0 Å². The van der Waals surface area contributed by atoms with Gasteiger partial charge in [0.25, 0.3) is 0 Å². The van der Waals surface area contributed by atoms with E-state index in [1.165, 1.54) is 6.42 Å². The highest BCUT2D eigenvalue weighted by molar-refractivity contribution is 5.52. The van der Waals surface area contributed by atoms with Crippen LogP contribution < -0.4 is 5.32 Å². The van der Waals surface area contributed by atoms with Gasteiger partial charge in [-0.3, -0.25) is 10.1 Å². The zero-order chi connectivity index (χ0) is 11.5. The predicted octanol–water partition coefficient (Wildman–Crippen LogP) is 1.02. The van der Waals surface area contributed by atoms with Crippen molar-refractivity contribution >= 4 is 0 Å². The molecule has 2 aromatic rings. The van der Waals surface area contributed by atoms with Gasteiger partial charge in [-0.15, -0.1) is 0 Å². The fourth-order valence-corrected chi connectivity index (χ4v) is 2.17. The maximum Gasteiger partial charge on any atom is 0.182 e. The smallest absolute Gasteiger partial charge is 0.182 e. The van der Waals surface area contributed by atoms with E-state index in [2.05, 4.69) is 25.5 Å². The highest BCUT2D eigenvalue weighted by Crippen LogP contribution is 2.16. The Morgan fingerprint density at radius 1 is 1.41 bits per heavy atom. The van der Waals surface area contributed by atoms with Crippen molar-refractivity contribution in [3.05, 3.63) is 30.4 Å². The number of nitrogens with zero attached hydrogens (tertiary/aromatic N) is 3. The standard InChI is InChI=1S/C12H15N5/c1-2-10(8-13-4-1)12-15-11(16-17-12)6-9-3-5-14-7-9/h1-2,4,8-9,14H,3,5-7H2,(H,15,16,17)/t9-/m0/s1. The zero-order valence-electron chi connectivity index (χ0n) is 9.56. The quantitative estimate of drug-likeness (QED) is 0.824. The summed E-state index contributed by atoms with van der Waals surface area (Å²) in [7, 11) is 0. The Hall–Kier alpha value is -1.75. The van der Waals surface area contributed by atoms with Crippen LogP contribution >= 0.6 is 0 Å². The van der Waals surface area contributed by atoms with Crippen molar-refractivity contribution in [2.45, 2.75) is 12.8 Å². The first-order chi connectivity index (χ1) is 8.42. The number of aromatic nitrogens is 4. The molecule has 17 heavy (non-hydrogen) atoms. The van der Waals surface area contributed by atoms with Crippen LogP contribution in [0, 0.1) is 5.92 Å². The lowest BCUT2D eigenvalue weighted by Gasteiger charge is -2.03. The minimum Gasteiger partial charge on any atom is -0.316 e. The van der Waals surface area contributed by atoms with E-state index in [0.717, 1.165) is 36.7 Å². The molecule has 0 aliphatic carbocycles. The third-order valence-corrected chi connectivity index (χ3v) is 3.10. The highest BCUT2D eigenvalue weighted by Gasteiger charge is 2.17. The summed E-state index contributed by atoms with van der Waals surface area (Å²) in [5.41, 5.74) is 0.958. The predicted molar refractivity (Wildman–Crippen MR) is 64.3 cm³/mol. The van der Waals surface area contributed by atoms with Crippen LogP contribution in [0.25, 0.3) is 11.4 Å². The van der Waals surface area contributed by atoms with Gasteiger partial charge >= 0.3 is 0 Å². The molecule has 0 unspecified atom stereocenters. The molecule has 1 aliphatic heterocycles. The van der Waals surface area contributed by atoms with Crippen molar-refractivity contribution in [2.75, 3.05) is 13.1 Å². The van der Waals surface area contributed by atoms with Crippen molar-refractivity contribution in [1.82, 2.24) is 25.5 Å². The third-order valence-electron chi connectivity index (χ3n) is 3.10. The van der Waals surface area contributed by atoms with Gasteiger partial charge in [0.2, 0.25) is 0 Å². The SMILES string of the molecule is c1cncc(-c2n[nH]c(C[C@@H]3CCNC3)n2)c1. The number of nitrogens with one attached hydrogen (secondary N) is 2. The van der Waals surface area contributed by atoms with Gasteiger partial charge < -0.3 is 5.32 Å². The Morgan fingerprint density at radius 3 is 3.18 bits per heavy atom. The average molecular weight is 229 g/mol. The van der Waals surface area contributed by atoms with Crippen LogP contribution in [0.3, 0.4) is 0 Å². The van der Waals surface area contributed by atoms with E-state index in [-0.39, 0.29) is 0 Å². The van der Waals surface area contributed by atoms with Gasteiger partial charge in [-0.25, -0.2) is 4.98 Å². The molecule has 2 aromatic heterocycles. The van der Waals surface area contributed by atoms with E-state index in [1.54, 1.807) is 12.4 Å². The molecule has 0 bridgehead atoms. The third kappa shape index (κ3) is 2.34. The molecule has 3 heterocycles. The van der Waals surface area contributed by atoms with Gasteiger partial charge in [-0.2, -0.15) is 5.10 Å². The number of hydrogen-bond acceptors (Lipinski definition) is 4. The summed E-state index contributed by atoms with van der Waals surface area (Å²) in [4.78, 5) is 8.58. The summed E-state index contributed by atoms with van der Waals surface area (Å²) >= 11 is 0. The first-order valence-corrected chi connectivity index (χ1v) is 5.94. The van der Waals surface area contributed by atoms with Gasteiger partial charge in [0, 0.05) is 24.4 Å². The molecule has 1 atom stereocenters. The van der Waals surface area contributed by atoms with Crippen LogP contribution in [0.5, 0.6) is 0 Å². The molecule has 88 valence electrons. The van der Waals surface area contributed by atoms with Crippen LogP contribution in [0.1, 0.15) is 12.2 Å². The highest BCUT2D eigenvalue weighted by atomic mass is 15.2. The molecule has 2 N–H and O–H groups in total. The molecular formula is C12H15N5. The molecule has 0 aromatic carbocycles. The second-order valence-electron chi connectivity index (χ2n) is 4.41. The van der Waals surface area contributed by atoms with Gasteiger partial charge in [0.1, 0.15) is 5.82 Å². The lowest BCUT2D eigenvalue weighted by Crippen LogP contribution is -2.11. The van der Waals surface area contributed by atoms with E-state index in [1.807, 2.05) is 12.1 Å². The number of hydrogen-bond donors (Lipinski definition) is 2. The molecular weight excluding hydrogens is 214 g/mol. The maximum absolute atomic E-state index is 4.51. The Kier molecular flexibility index (Phi) is 2.83. The van der Waals surface area contributed by atoms with Crippen molar-refractivity contribution in [3.8, 4) is 11.4 Å². The number of rotatable bonds is 3. The monoisotopic (exact) mass is 229 g/mol. The van der Waals surface area contributed by atoms with Crippen molar-refractivity contribution in [3.63, 3.8) is 0 Å². The minimum atomic E-state index is 0.685. The first kappa shape index (κ1) is 10.4. The maximum atomic E-state index is 4.51. The number of pyridine rings is 1. The molecule has 0 radical (unpaired) electrons. The van der Waals surface area contributed by atoms with Crippen LogP contribution in [-0.2, 0) is 6.42 Å². The second kappa shape index (κ2) is 4.63. The lowest BCUT2D eigenvalue weighted by molar-refractivity contribution is 0.563. The summed E-state index contributed by atoms with van der Waals surface area (Å²) in [6.45, 7) is 2.21. The van der Waals surface area contributed by atoms with Crippen molar-refractivity contribution in [2.24, 2.45) is 5.92 Å². The van der Waals surface area contributed by atoms with E-state index >= 15 is 0 Å². The first-order valence-electron chi connectivity index (χ1n) is 5.94. The van der Waals surface area contributed by atoms with Gasteiger partial charge in [0.05, 0.1) is 0 Å². The molecule has 3 rings (SSSR count). The number of aromatic amines is 1. The minimum absolute atomic E-state index is 0.685. The Labute approximate surface area is 99.7 Å². The molecule has 1 saturated heterocycles. The van der Waals surface area contributed by atoms with Crippen LogP contribution in [0.2, 0.25) is 0 Å². The largest absolute Gasteiger partial charge is 0.316 e. The molecule has 5 heteroatoms. The Bertz CT molecular complexity index is 473. The second-order valence-corrected chi connectivity index (χ2v) is 4.41. The van der Waals surface area contributed by atoms with Crippen LogP contribution in [0.15, 0.2) is 24.5 Å². The van der Waals surface area contributed by atoms with E-state index in [4.69, 9.17) is 0 Å². The molecule has 1 aliphatic rings. The van der Waals surface area contributed by atoms with Crippen LogP contribution in [0.4, 0.5) is 0 Å². The van der Waals surface area contributed by atoms with E-state index in [0.29, 0.717) is 5.92 Å². The van der Waals surface area contributed by atoms with E-state index < -0.39 is 0 Å². The van der Waals surface area contributed by atoms with Gasteiger partial charge in [0.15, 0.2) is 5.82 Å². The Balaban J connectivity index is 1.74. The van der Waals surface area contributed by atoms with Crippen LogP contribution in [-0.4, -0.2) is 33.3 Å². The molecule has 0 amide bonds. The topological polar surface area (TPSA) is 66.5 Å². The summed E-state index contributed by atoms with van der Waals surface area (Å²) in [6.07, 6.45) is 5.73. The normalized spacial score (nSPS) is 19.6. The van der Waals surface area contributed by atoms with Crippen molar-refractivity contribution in [1.29, 1.82) is 0 Å². The molecule has 1 fully saturated rings. The summed E-state index contributed by atoms with van der Waals surface area (Å²) in [5, 5.41) is 10.6. The molecule has 0 saturated carbocycles. The Morgan fingerprint density at radius 2 is 2.41 bits per heavy atom. The summed E-state index contributed by atoms with van der Waals surface area (Å²) in [5.74, 6) is 2.39. The molecule has 5 nitrogen and oxygen atoms in total. The van der Waals surface area contributed by atoms with Crippen molar-refractivity contribution < 1.29 is 0 Å². The average Bonchev–Trinajstić information content (AvgIpc) is 3.02. The molecule has 0 spiro atoms.